The van der Waals surface area contributed by atoms with Gasteiger partial charge < -0.3 is 14.9 Å². The van der Waals surface area contributed by atoms with Gasteiger partial charge in [-0.05, 0) is 61.1 Å². The third-order valence-electron chi connectivity index (χ3n) is 5.13. The molecular weight excluding hydrogens is 328 g/mol. The van der Waals surface area contributed by atoms with Crippen LogP contribution >= 0.6 is 0 Å². The highest BCUT2D eigenvalue weighted by Gasteiger charge is 2.18. The summed E-state index contributed by atoms with van der Waals surface area (Å²) in [5.41, 5.74) is 3.31. The molecule has 0 aliphatic heterocycles. The highest BCUT2D eigenvalue weighted by molar-refractivity contribution is 6.05. The first-order chi connectivity index (χ1) is 12.6. The van der Waals surface area contributed by atoms with Crippen molar-refractivity contribution in [1.82, 2.24) is 0 Å². The Morgan fingerprint density at radius 1 is 1.08 bits per heavy atom. The third kappa shape index (κ3) is 3.99. The van der Waals surface area contributed by atoms with Gasteiger partial charge in [0.25, 0.3) is 5.91 Å². The molecule has 0 unspecified atom stereocenters. The van der Waals surface area contributed by atoms with Crippen molar-refractivity contribution in [3.05, 3.63) is 53.1 Å². The molecule has 0 aromatic heterocycles. The highest BCUT2D eigenvalue weighted by atomic mass is 16.6. The lowest BCUT2D eigenvalue weighted by atomic mass is 9.84. The minimum absolute atomic E-state index is 0.220. The molecule has 0 radical (unpaired) electrons. The van der Waals surface area contributed by atoms with Crippen LogP contribution in [0.4, 0.5) is 5.69 Å². The lowest BCUT2D eigenvalue weighted by molar-refractivity contribution is 0.102. The molecule has 5 nitrogen and oxygen atoms in total. The van der Waals surface area contributed by atoms with Gasteiger partial charge >= 0.3 is 0 Å². The van der Waals surface area contributed by atoms with Crippen LogP contribution in [0, 0.1) is 6.92 Å². The molecule has 0 bridgehead atoms. The maximum absolute atomic E-state index is 12.7. The molecule has 3 rings (SSSR count). The van der Waals surface area contributed by atoms with E-state index in [1.165, 1.54) is 37.7 Å². The molecule has 2 aromatic carbocycles. The Labute approximate surface area is 154 Å². The molecule has 0 saturated heterocycles. The molecule has 138 valence electrons. The van der Waals surface area contributed by atoms with Crippen LogP contribution in [0.3, 0.4) is 0 Å². The summed E-state index contributed by atoms with van der Waals surface area (Å²) >= 11 is 0. The summed E-state index contributed by atoms with van der Waals surface area (Å²) in [6, 6.07) is 11.3. The first-order valence-electron chi connectivity index (χ1n) is 9.09. The number of carbonyl (C=O) groups excluding carboxylic acids is 1. The fourth-order valence-corrected chi connectivity index (χ4v) is 3.58. The van der Waals surface area contributed by atoms with Gasteiger partial charge in [-0.15, -0.1) is 0 Å². The normalized spacial score (nSPS) is 14.7. The topological polar surface area (TPSA) is 73.6 Å². The summed E-state index contributed by atoms with van der Waals surface area (Å²) < 4.78 is 5.43. The quantitative estimate of drug-likeness (QED) is 0.772. The average Bonchev–Trinajstić information content (AvgIpc) is 2.69. The molecule has 1 aliphatic carbocycles. The molecule has 3 N–H and O–H groups in total. The smallest absolute Gasteiger partial charge is 0.255 e. The van der Waals surface area contributed by atoms with Crippen LogP contribution in [0.15, 0.2) is 36.4 Å². The van der Waals surface area contributed by atoms with Gasteiger partial charge in [-0.1, -0.05) is 31.4 Å². The van der Waals surface area contributed by atoms with Crippen molar-refractivity contribution in [3.63, 3.8) is 0 Å². The van der Waals surface area contributed by atoms with Crippen LogP contribution in [0.25, 0.3) is 0 Å². The second-order valence-electron chi connectivity index (χ2n) is 6.85. The van der Waals surface area contributed by atoms with Crippen molar-refractivity contribution in [2.75, 3.05) is 12.4 Å². The molecule has 1 amide bonds. The maximum Gasteiger partial charge on any atom is 0.255 e. The number of hydrogen-bond donors (Lipinski definition) is 2. The fourth-order valence-electron chi connectivity index (χ4n) is 3.58. The average molecular weight is 354 g/mol. The zero-order valence-corrected chi connectivity index (χ0v) is 15.4. The lowest BCUT2D eigenvalue weighted by Crippen LogP contribution is -2.14. The molecule has 1 saturated carbocycles. The number of benzene rings is 2. The molecule has 2 aromatic rings. The van der Waals surface area contributed by atoms with Crippen molar-refractivity contribution >= 4 is 11.6 Å². The summed E-state index contributed by atoms with van der Waals surface area (Å²) in [6.07, 6.45) is 6.26. The van der Waals surface area contributed by atoms with Crippen LogP contribution in [0.5, 0.6) is 11.5 Å². The van der Waals surface area contributed by atoms with E-state index in [1.54, 1.807) is 19.2 Å². The Morgan fingerprint density at radius 2 is 1.85 bits per heavy atom. The summed E-state index contributed by atoms with van der Waals surface area (Å²) in [5, 5.41) is 2.97. The summed E-state index contributed by atoms with van der Waals surface area (Å²) in [4.78, 5) is 17.5. The molecular formula is C21H26N2O3. The van der Waals surface area contributed by atoms with Crippen molar-refractivity contribution in [3.8, 4) is 11.5 Å². The Hall–Kier alpha value is -2.53. The van der Waals surface area contributed by atoms with Gasteiger partial charge in [0, 0.05) is 5.56 Å². The van der Waals surface area contributed by atoms with Gasteiger partial charge in [-0.2, -0.15) is 5.90 Å². The molecule has 0 atom stereocenters. The lowest BCUT2D eigenvalue weighted by Gasteiger charge is -2.23. The zero-order chi connectivity index (χ0) is 18.5. The molecule has 26 heavy (non-hydrogen) atoms. The second-order valence-corrected chi connectivity index (χ2v) is 6.85. The Bertz CT molecular complexity index is 783. The third-order valence-corrected chi connectivity index (χ3v) is 5.13. The van der Waals surface area contributed by atoms with Crippen LogP contribution in [0.1, 0.15) is 59.5 Å². The Morgan fingerprint density at radius 3 is 2.54 bits per heavy atom. The van der Waals surface area contributed by atoms with E-state index in [0.717, 1.165) is 5.56 Å². The van der Waals surface area contributed by atoms with Crippen molar-refractivity contribution in [2.45, 2.75) is 44.9 Å². The molecule has 1 fully saturated rings. The number of rotatable bonds is 5. The minimum Gasteiger partial charge on any atom is -0.495 e. The maximum atomic E-state index is 12.7. The van der Waals surface area contributed by atoms with E-state index in [9.17, 15) is 4.79 Å². The monoisotopic (exact) mass is 354 g/mol. The van der Waals surface area contributed by atoms with Crippen molar-refractivity contribution < 1.29 is 14.4 Å². The number of carbonyl (C=O) groups is 1. The van der Waals surface area contributed by atoms with Crippen LogP contribution in [-0.2, 0) is 0 Å². The zero-order valence-electron chi connectivity index (χ0n) is 15.4. The largest absolute Gasteiger partial charge is 0.495 e. The number of methoxy groups -OCH3 is 1. The number of amides is 1. The van der Waals surface area contributed by atoms with E-state index in [-0.39, 0.29) is 5.91 Å². The predicted octanol–water partition coefficient (Wildman–Crippen LogP) is 4.56. The molecule has 1 aliphatic rings. The molecule has 0 heterocycles. The van der Waals surface area contributed by atoms with Crippen LogP contribution < -0.4 is 20.8 Å². The minimum atomic E-state index is -0.220. The first kappa shape index (κ1) is 18.3. The van der Waals surface area contributed by atoms with Gasteiger partial charge in [-0.25, -0.2) is 0 Å². The fraction of sp³-hybridized carbons (Fsp3) is 0.381. The molecule has 5 heteroatoms. The van der Waals surface area contributed by atoms with Gasteiger partial charge in [-0.3, -0.25) is 4.79 Å². The predicted molar refractivity (Wildman–Crippen MR) is 103 cm³/mol. The van der Waals surface area contributed by atoms with E-state index < -0.39 is 0 Å². The van der Waals surface area contributed by atoms with E-state index in [4.69, 9.17) is 15.5 Å². The van der Waals surface area contributed by atoms with Crippen molar-refractivity contribution in [2.24, 2.45) is 5.90 Å². The van der Waals surface area contributed by atoms with E-state index in [1.807, 2.05) is 25.1 Å². The van der Waals surface area contributed by atoms with Crippen LogP contribution in [-0.4, -0.2) is 13.0 Å². The number of nitrogens with one attached hydrogen (secondary N) is 1. The number of hydrogen-bond acceptors (Lipinski definition) is 4. The Balaban J connectivity index is 1.84. The number of aryl methyl sites for hydroxylation is 1. The summed E-state index contributed by atoms with van der Waals surface area (Å²) in [7, 11) is 1.61. The molecule has 0 spiro atoms. The van der Waals surface area contributed by atoms with Gasteiger partial charge in [0.05, 0.1) is 12.8 Å². The van der Waals surface area contributed by atoms with Gasteiger partial charge in [0.15, 0.2) is 5.75 Å². The number of ether oxygens (including phenoxy) is 1. The van der Waals surface area contributed by atoms with Crippen molar-refractivity contribution in [1.29, 1.82) is 0 Å². The number of nitrogens with two attached hydrogens (primary N) is 1. The van der Waals surface area contributed by atoms with Crippen LogP contribution in [0.2, 0.25) is 0 Å². The summed E-state index contributed by atoms with van der Waals surface area (Å²) in [5.74, 6) is 6.75. The van der Waals surface area contributed by atoms with E-state index >= 15 is 0 Å². The van der Waals surface area contributed by atoms with E-state index in [2.05, 4.69) is 11.4 Å². The highest BCUT2D eigenvalue weighted by Crippen LogP contribution is 2.36. The summed E-state index contributed by atoms with van der Waals surface area (Å²) in [6.45, 7) is 1.88. The van der Waals surface area contributed by atoms with E-state index in [0.29, 0.717) is 28.7 Å². The second kappa shape index (κ2) is 8.23. The number of anilines is 1. The standard InChI is InChI=1S/C21H26N2O3/c1-14-8-9-17(13-20(14)26-22)21(24)23-18-12-16(10-11-19(18)25-2)15-6-4-3-5-7-15/h8-13,15H,3-7,22H2,1-2H3,(H,23,24). The first-order valence-corrected chi connectivity index (χ1v) is 9.09. The van der Waals surface area contributed by atoms with Gasteiger partial charge in [0.2, 0.25) is 0 Å². The Kier molecular flexibility index (Phi) is 5.78. The SMILES string of the molecule is COc1ccc(C2CCCCC2)cc1NC(=O)c1ccc(C)c(ON)c1. The van der Waals surface area contributed by atoms with Gasteiger partial charge in [0.1, 0.15) is 5.75 Å².